The fourth-order valence-electron chi connectivity index (χ4n) is 1.87. The standard InChI is InChI=1S/C13H17N3O/c1-11(12-5-3-2-4-6-12)7-8-16-10-14-15-13(16)9-17/h2-6,10-11,17H,7-9H2,1H3. The highest BCUT2D eigenvalue weighted by Crippen LogP contribution is 2.19. The lowest BCUT2D eigenvalue weighted by atomic mass is 9.98. The van der Waals surface area contributed by atoms with Crippen molar-refractivity contribution in [1.29, 1.82) is 0 Å². The number of nitrogens with zero attached hydrogens (tertiary/aromatic N) is 3. The molecular weight excluding hydrogens is 214 g/mol. The fraction of sp³-hybridized carbons (Fsp3) is 0.385. The molecule has 2 aromatic rings. The quantitative estimate of drug-likeness (QED) is 0.855. The van der Waals surface area contributed by atoms with Gasteiger partial charge in [0, 0.05) is 6.54 Å². The highest BCUT2D eigenvalue weighted by atomic mass is 16.3. The van der Waals surface area contributed by atoms with E-state index in [2.05, 4.69) is 41.4 Å². The Bertz CT molecular complexity index is 453. The lowest BCUT2D eigenvalue weighted by Gasteiger charge is -2.12. The number of aryl methyl sites for hydroxylation is 1. The number of rotatable bonds is 5. The molecule has 0 aliphatic rings. The van der Waals surface area contributed by atoms with Gasteiger partial charge in [0.25, 0.3) is 0 Å². The van der Waals surface area contributed by atoms with Gasteiger partial charge in [0.05, 0.1) is 0 Å². The maximum absolute atomic E-state index is 9.07. The lowest BCUT2D eigenvalue weighted by molar-refractivity contribution is 0.264. The SMILES string of the molecule is CC(CCn1cnnc1CO)c1ccccc1. The molecule has 1 N–H and O–H groups in total. The third-order valence-electron chi connectivity index (χ3n) is 3.01. The molecule has 17 heavy (non-hydrogen) atoms. The van der Waals surface area contributed by atoms with E-state index in [-0.39, 0.29) is 6.61 Å². The van der Waals surface area contributed by atoms with Crippen LogP contribution in [0.3, 0.4) is 0 Å². The Morgan fingerprint density at radius 1 is 1.29 bits per heavy atom. The molecule has 1 atom stereocenters. The molecule has 0 aliphatic heterocycles. The Morgan fingerprint density at radius 2 is 2.06 bits per heavy atom. The number of aliphatic hydroxyl groups is 1. The first kappa shape index (κ1) is 11.8. The van der Waals surface area contributed by atoms with Gasteiger partial charge in [-0.05, 0) is 17.9 Å². The summed E-state index contributed by atoms with van der Waals surface area (Å²) in [5, 5.41) is 16.7. The van der Waals surface area contributed by atoms with E-state index in [1.807, 2.05) is 10.6 Å². The molecule has 1 aromatic heterocycles. The number of benzene rings is 1. The molecule has 4 heteroatoms. The maximum atomic E-state index is 9.07. The Labute approximate surface area is 101 Å². The third-order valence-corrected chi connectivity index (χ3v) is 3.01. The smallest absolute Gasteiger partial charge is 0.158 e. The van der Waals surface area contributed by atoms with Crippen molar-refractivity contribution in [1.82, 2.24) is 14.8 Å². The van der Waals surface area contributed by atoms with Crippen molar-refractivity contribution in [2.24, 2.45) is 0 Å². The molecule has 1 heterocycles. The number of hydrogen-bond acceptors (Lipinski definition) is 3. The van der Waals surface area contributed by atoms with Gasteiger partial charge in [-0.1, -0.05) is 37.3 Å². The Morgan fingerprint density at radius 3 is 2.76 bits per heavy atom. The molecule has 1 aromatic carbocycles. The summed E-state index contributed by atoms with van der Waals surface area (Å²) in [6.07, 6.45) is 2.68. The van der Waals surface area contributed by atoms with Crippen molar-refractivity contribution in [3.05, 3.63) is 48.0 Å². The first-order valence-corrected chi connectivity index (χ1v) is 5.83. The minimum Gasteiger partial charge on any atom is -0.388 e. The Balaban J connectivity index is 1.95. The van der Waals surface area contributed by atoms with Crippen LogP contribution < -0.4 is 0 Å². The minimum absolute atomic E-state index is 0.0558. The lowest BCUT2D eigenvalue weighted by Crippen LogP contribution is -2.06. The van der Waals surface area contributed by atoms with Gasteiger partial charge in [0.15, 0.2) is 5.82 Å². The van der Waals surface area contributed by atoms with Gasteiger partial charge >= 0.3 is 0 Å². The summed E-state index contributed by atoms with van der Waals surface area (Å²) in [6.45, 7) is 2.98. The molecule has 0 amide bonds. The van der Waals surface area contributed by atoms with Crippen LogP contribution in [0, 0.1) is 0 Å². The van der Waals surface area contributed by atoms with E-state index in [4.69, 9.17) is 5.11 Å². The van der Waals surface area contributed by atoms with Crippen LogP contribution in [-0.2, 0) is 13.2 Å². The third kappa shape index (κ3) is 2.91. The zero-order chi connectivity index (χ0) is 12.1. The molecule has 0 fully saturated rings. The van der Waals surface area contributed by atoms with E-state index in [0.29, 0.717) is 11.7 Å². The summed E-state index contributed by atoms with van der Waals surface area (Å²) in [5.41, 5.74) is 1.34. The van der Waals surface area contributed by atoms with Crippen LogP contribution in [0.4, 0.5) is 0 Å². The highest BCUT2D eigenvalue weighted by molar-refractivity contribution is 5.18. The summed E-state index contributed by atoms with van der Waals surface area (Å²) >= 11 is 0. The normalized spacial score (nSPS) is 12.6. The van der Waals surface area contributed by atoms with E-state index in [1.54, 1.807) is 6.33 Å². The minimum atomic E-state index is -0.0558. The van der Waals surface area contributed by atoms with E-state index >= 15 is 0 Å². The predicted octanol–water partition coefficient (Wildman–Crippen LogP) is 1.96. The van der Waals surface area contributed by atoms with Crippen molar-refractivity contribution in [2.75, 3.05) is 0 Å². The first-order chi connectivity index (χ1) is 8.31. The molecule has 2 rings (SSSR count). The van der Waals surface area contributed by atoms with Gasteiger partial charge in [0.2, 0.25) is 0 Å². The van der Waals surface area contributed by atoms with Gasteiger partial charge in [-0.3, -0.25) is 0 Å². The van der Waals surface area contributed by atoms with Crippen molar-refractivity contribution in [3.63, 3.8) is 0 Å². The largest absolute Gasteiger partial charge is 0.388 e. The Kier molecular flexibility index (Phi) is 3.88. The molecule has 0 radical (unpaired) electrons. The second kappa shape index (κ2) is 5.59. The van der Waals surface area contributed by atoms with Crippen LogP contribution >= 0.6 is 0 Å². The zero-order valence-corrected chi connectivity index (χ0v) is 9.95. The van der Waals surface area contributed by atoms with Gasteiger partial charge in [-0.25, -0.2) is 0 Å². The number of aromatic nitrogens is 3. The van der Waals surface area contributed by atoms with Crippen molar-refractivity contribution >= 4 is 0 Å². The summed E-state index contributed by atoms with van der Waals surface area (Å²) in [6, 6.07) is 10.4. The fourth-order valence-corrected chi connectivity index (χ4v) is 1.87. The van der Waals surface area contributed by atoms with Crippen LogP contribution in [0.2, 0.25) is 0 Å². The topological polar surface area (TPSA) is 50.9 Å². The van der Waals surface area contributed by atoms with Crippen LogP contribution in [0.25, 0.3) is 0 Å². The van der Waals surface area contributed by atoms with Crippen LogP contribution in [0.1, 0.15) is 30.7 Å². The average molecular weight is 231 g/mol. The second-order valence-corrected chi connectivity index (χ2v) is 4.20. The van der Waals surface area contributed by atoms with Crippen molar-refractivity contribution in [3.8, 4) is 0 Å². The van der Waals surface area contributed by atoms with Gasteiger partial charge in [-0.2, -0.15) is 0 Å². The number of aliphatic hydroxyl groups excluding tert-OH is 1. The average Bonchev–Trinajstić information content (AvgIpc) is 2.84. The van der Waals surface area contributed by atoms with Gasteiger partial charge in [-0.15, -0.1) is 10.2 Å². The molecule has 0 saturated heterocycles. The molecule has 0 aliphatic carbocycles. The molecule has 4 nitrogen and oxygen atoms in total. The van der Waals surface area contributed by atoms with Crippen LogP contribution in [0.15, 0.2) is 36.7 Å². The number of hydrogen-bond donors (Lipinski definition) is 1. The highest BCUT2D eigenvalue weighted by Gasteiger charge is 2.07. The molecule has 90 valence electrons. The summed E-state index contributed by atoms with van der Waals surface area (Å²) in [7, 11) is 0. The molecule has 0 saturated carbocycles. The molecule has 1 unspecified atom stereocenters. The van der Waals surface area contributed by atoms with Crippen molar-refractivity contribution in [2.45, 2.75) is 32.4 Å². The monoisotopic (exact) mass is 231 g/mol. The van der Waals surface area contributed by atoms with Gasteiger partial charge < -0.3 is 9.67 Å². The Hall–Kier alpha value is -1.68. The maximum Gasteiger partial charge on any atom is 0.158 e. The van der Waals surface area contributed by atoms with Crippen molar-refractivity contribution < 1.29 is 5.11 Å². The molecule has 0 bridgehead atoms. The summed E-state index contributed by atoms with van der Waals surface area (Å²) < 4.78 is 1.90. The van der Waals surface area contributed by atoms with E-state index in [9.17, 15) is 0 Å². The van der Waals surface area contributed by atoms with Gasteiger partial charge in [0.1, 0.15) is 12.9 Å². The summed E-state index contributed by atoms with van der Waals surface area (Å²) in [4.78, 5) is 0. The molecular formula is C13H17N3O. The van der Waals surface area contributed by atoms with E-state index < -0.39 is 0 Å². The zero-order valence-electron chi connectivity index (χ0n) is 9.95. The van der Waals surface area contributed by atoms with Crippen LogP contribution in [-0.4, -0.2) is 19.9 Å². The van der Waals surface area contributed by atoms with E-state index in [0.717, 1.165) is 13.0 Å². The molecule has 0 spiro atoms. The first-order valence-electron chi connectivity index (χ1n) is 5.83. The van der Waals surface area contributed by atoms with Crippen LogP contribution in [0.5, 0.6) is 0 Å². The second-order valence-electron chi connectivity index (χ2n) is 4.20. The summed E-state index contributed by atoms with van der Waals surface area (Å²) in [5.74, 6) is 1.12. The van der Waals surface area contributed by atoms with E-state index in [1.165, 1.54) is 5.56 Å². The predicted molar refractivity (Wildman–Crippen MR) is 65.4 cm³/mol.